The fraction of sp³-hybridized carbons (Fsp3) is 0.615. The van der Waals surface area contributed by atoms with E-state index in [1.54, 1.807) is 0 Å². The summed E-state index contributed by atoms with van der Waals surface area (Å²) in [6.45, 7) is 2.23. The summed E-state index contributed by atoms with van der Waals surface area (Å²) in [7, 11) is 0. The van der Waals surface area contributed by atoms with E-state index in [1.807, 2.05) is 6.33 Å². The standard InChI is InChI=1S/C13H20BrN5/c1-2-3-4-5-6-10(7-14)19-9-18-11-12(15)16-8-17-13(11)19/h8-10H,2-7H2,1H3,(H2,15,16,17)/t10-/m1/s1. The van der Waals surface area contributed by atoms with Crippen molar-refractivity contribution in [3.63, 3.8) is 0 Å². The first-order chi connectivity index (χ1) is 9.27. The quantitative estimate of drug-likeness (QED) is 0.626. The van der Waals surface area contributed by atoms with Gasteiger partial charge in [0.25, 0.3) is 0 Å². The molecule has 2 heterocycles. The molecule has 19 heavy (non-hydrogen) atoms. The highest BCUT2D eigenvalue weighted by atomic mass is 79.9. The van der Waals surface area contributed by atoms with Crippen LogP contribution < -0.4 is 5.73 Å². The molecular formula is C13H20BrN5. The van der Waals surface area contributed by atoms with Crippen LogP contribution in [0.2, 0.25) is 0 Å². The molecule has 2 N–H and O–H groups in total. The van der Waals surface area contributed by atoms with Crippen molar-refractivity contribution in [3.8, 4) is 0 Å². The Hall–Kier alpha value is -1.17. The number of hydrogen-bond donors (Lipinski definition) is 1. The Morgan fingerprint density at radius 3 is 2.84 bits per heavy atom. The van der Waals surface area contributed by atoms with Crippen molar-refractivity contribution >= 4 is 32.9 Å². The largest absolute Gasteiger partial charge is 0.382 e. The number of rotatable bonds is 7. The van der Waals surface area contributed by atoms with E-state index < -0.39 is 0 Å². The molecule has 1 atom stereocenters. The first-order valence-corrected chi connectivity index (χ1v) is 7.89. The third kappa shape index (κ3) is 3.23. The summed E-state index contributed by atoms with van der Waals surface area (Å²) in [4.78, 5) is 12.6. The van der Waals surface area contributed by atoms with Crippen molar-refractivity contribution in [1.29, 1.82) is 0 Å². The average molecular weight is 326 g/mol. The van der Waals surface area contributed by atoms with E-state index in [0.29, 0.717) is 17.4 Å². The fourth-order valence-corrected chi connectivity index (χ4v) is 2.87. The number of alkyl halides is 1. The highest BCUT2D eigenvalue weighted by Crippen LogP contribution is 2.24. The minimum atomic E-state index is 0.371. The molecule has 0 amide bonds. The van der Waals surface area contributed by atoms with Crippen molar-refractivity contribution in [1.82, 2.24) is 19.5 Å². The Labute approximate surface area is 121 Å². The van der Waals surface area contributed by atoms with Crippen LogP contribution in [0.5, 0.6) is 0 Å². The highest BCUT2D eigenvalue weighted by molar-refractivity contribution is 9.09. The monoisotopic (exact) mass is 325 g/mol. The van der Waals surface area contributed by atoms with Crippen LogP contribution in [0.4, 0.5) is 5.82 Å². The van der Waals surface area contributed by atoms with Gasteiger partial charge in [0, 0.05) is 11.4 Å². The van der Waals surface area contributed by atoms with Crippen molar-refractivity contribution in [2.24, 2.45) is 0 Å². The SMILES string of the molecule is CCCCCC[C@H](CBr)n1cnc2c(N)ncnc21. The second-order valence-corrected chi connectivity index (χ2v) is 5.39. The molecule has 0 spiro atoms. The zero-order valence-corrected chi connectivity index (χ0v) is 12.8. The van der Waals surface area contributed by atoms with Crippen LogP contribution in [0.15, 0.2) is 12.7 Å². The number of nitrogen functional groups attached to an aromatic ring is 1. The van der Waals surface area contributed by atoms with Gasteiger partial charge in [-0.2, -0.15) is 0 Å². The minimum absolute atomic E-state index is 0.371. The van der Waals surface area contributed by atoms with Crippen LogP contribution in [0.1, 0.15) is 45.1 Å². The molecule has 0 saturated carbocycles. The van der Waals surface area contributed by atoms with Crippen LogP contribution in [0.3, 0.4) is 0 Å². The van der Waals surface area contributed by atoms with E-state index in [4.69, 9.17) is 5.73 Å². The molecule has 2 aromatic heterocycles. The van der Waals surface area contributed by atoms with Crippen molar-refractivity contribution in [2.45, 2.75) is 45.1 Å². The van der Waals surface area contributed by atoms with Gasteiger partial charge in [0.15, 0.2) is 11.5 Å². The lowest BCUT2D eigenvalue weighted by Crippen LogP contribution is -2.10. The van der Waals surface area contributed by atoms with E-state index in [0.717, 1.165) is 17.4 Å². The van der Waals surface area contributed by atoms with Crippen molar-refractivity contribution in [2.75, 3.05) is 11.1 Å². The summed E-state index contributed by atoms with van der Waals surface area (Å²) in [6.07, 6.45) is 9.51. The Morgan fingerprint density at radius 2 is 2.11 bits per heavy atom. The minimum Gasteiger partial charge on any atom is -0.382 e. The molecule has 2 rings (SSSR count). The molecule has 0 aliphatic heterocycles. The Bertz CT molecular complexity index is 525. The molecule has 0 aliphatic carbocycles. The number of hydrogen-bond acceptors (Lipinski definition) is 4. The van der Waals surface area contributed by atoms with Crippen molar-refractivity contribution in [3.05, 3.63) is 12.7 Å². The summed E-state index contributed by atoms with van der Waals surface area (Å²) in [6, 6.07) is 0.371. The molecule has 0 unspecified atom stereocenters. The topological polar surface area (TPSA) is 69.6 Å². The molecule has 5 nitrogen and oxygen atoms in total. The molecule has 0 aromatic carbocycles. The molecule has 0 radical (unpaired) electrons. The summed E-state index contributed by atoms with van der Waals surface area (Å²) < 4.78 is 2.11. The van der Waals surface area contributed by atoms with Gasteiger partial charge in [-0.1, -0.05) is 48.5 Å². The normalized spacial score (nSPS) is 12.9. The lowest BCUT2D eigenvalue weighted by Gasteiger charge is -2.16. The number of aromatic nitrogens is 4. The molecule has 0 fully saturated rings. The van der Waals surface area contributed by atoms with Gasteiger partial charge in [-0.3, -0.25) is 0 Å². The second kappa shape index (κ2) is 6.84. The Kier molecular flexibility index (Phi) is 5.13. The number of unbranched alkanes of at least 4 members (excludes halogenated alkanes) is 3. The lowest BCUT2D eigenvalue weighted by molar-refractivity contribution is 0.488. The Balaban J connectivity index is 2.14. The van der Waals surface area contributed by atoms with Gasteiger partial charge in [-0.05, 0) is 6.42 Å². The Morgan fingerprint density at radius 1 is 1.26 bits per heavy atom. The van der Waals surface area contributed by atoms with Crippen LogP contribution in [0.25, 0.3) is 11.2 Å². The van der Waals surface area contributed by atoms with Gasteiger partial charge in [0.2, 0.25) is 0 Å². The smallest absolute Gasteiger partial charge is 0.165 e. The first kappa shape index (κ1) is 14.2. The van der Waals surface area contributed by atoms with Gasteiger partial charge in [0.1, 0.15) is 11.8 Å². The van der Waals surface area contributed by atoms with Crippen LogP contribution in [-0.4, -0.2) is 24.8 Å². The molecule has 2 aromatic rings. The number of imidazole rings is 1. The zero-order valence-electron chi connectivity index (χ0n) is 11.2. The molecule has 6 heteroatoms. The number of fused-ring (bicyclic) bond motifs is 1. The fourth-order valence-electron chi connectivity index (χ4n) is 2.23. The van der Waals surface area contributed by atoms with Gasteiger partial charge in [-0.15, -0.1) is 0 Å². The van der Waals surface area contributed by atoms with Crippen LogP contribution in [-0.2, 0) is 0 Å². The molecular weight excluding hydrogens is 306 g/mol. The molecule has 0 aliphatic rings. The molecule has 0 bridgehead atoms. The maximum atomic E-state index is 5.81. The van der Waals surface area contributed by atoms with Gasteiger partial charge in [-0.25, -0.2) is 15.0 Å². The van der Waals surface area contributed by atoms with E-state index in [-0.39, 0.29) is 0 Å². The molecule has 104 valence electrons. The number of anilines is 1. The number of halogens is 1. The third-order valence-corrected chi connectivity index (χ3v) is 4.10. The maximum Gasteiger partial charge on any atom is 0.165 e. The van der Waals surface area contributed by atoms with E-state index >= 15 is 0 Å². The summed E-state index contributed by atoms with van der Waals surface area (Å²) >= 11 is 3.59. The molecule has 0 saturated heterocycles. The van der Waals surface area contributed by atoms with E-state index in [2.05, 4.69) is 42.4 Å². The highest BCUT2D eigenvalue weighted by Gasteiger charge is 2.15. The summed E-state index contributed by atoms with van der Waals surface area (Å²) in [5, 5.41) is 0.897. The second-order valence-electron chi connectivity index (χ2n) is 4.74. The predicted molar refractivity (Wildman–Crippen MR) is 81.3 cm³/mol. The maximum absolute atomic E-state index is 5.81. The van der Waals surface area contributed by atoms with Gasteiger partial charge < -0.3 is 10.3 Å². The van der Waals surface area contributed by atoms with Crippen molar-refractivity contribution < 1.29 is 0 Å². The van der Waals surface area contributed by atoms with Crippen LogP contribution >= 0.6 is 15.9 Å². The average Bonchev–Trinajstić information content (AvgIpc) is 2.84. The summed E-state index contributed by atoms with van der Waals surface area (Å²) in [5.41, 5.74) is 7.33. The zero-order chi connectivity index (χ0) is 13.7. The van der Waals surface area contributed by atoms with E-state index in [1.165, 1.54) is 32.0 Å². The van der Waals surface area contributed by atoms with Gasteiger partial charge in [0.05, 0.1) is 6.33 Å². The lowest BCUT2D eigenvalue weighted by atomic mass is 10.1. The van der Waals surface area contributed by atoms with Crippen LogP contribution in [0, 0.1) is 0 Å². The number of nitrogens with two attached hydrogens (primary N) is 1. The third-order valence-electron chi connectivity index (χ3n) is 3.35. The van der Waals surface area contributed by atoms with E-state index in [9.17, 15) is 0 Å². The first-order valence-electron chi connectivity index (χ1n) is 6.76. The number of nitrogens with zero attached hydrogens (tertiary/aromatic N) is 4. The predicted octanol–water partition coefficient (Wildman–Crippen LogP) is 3.31. The van der Waals surface area contributed by atoms with Gasteiger partial charge >= 0.3 is 0 Å². The summed E-state index contributed by atoms with van der Waals surface area (Å²) in [5.74, 6) is 0.447.